The lowest BCUT2D eigenvalue weighted by Gasteiger charge is -2.10. The van der Waals surface area contributed by atoms with Crippen molar-refractivity contribution in [3.8, 4) is 11.4 Å². The number of anilines is 1. The summed E-state index contributed by atoms with van der Waals surface area (Å²) in [4.78, 5) is 8.67. The number of aromatic nitrogens is 4. The molecule has 142 valence electrons. The molecule has 0 unspecified atom stereocenters. The summed E-state index contributed by atoms with van der Waals surface area (Å²) in [6.45, 7) is 1.89. The summed E-state index contributed by atoms with van der Waals surface area (Å²) in [5, 5.41) is 7.99. The van der Waals surface area contributed by atoms with Gasteiger partial charge in [-0.15, -0.1) is 0 Å². The van der Waals surface area contributed by atoms with E-state index < -0.39 is 10.0 Å². The molecule has 0 saturated heterocycles. The largest absolute Gasteiger partial charge is 0.280 e. The van der Waals surface area contributed by atoms with Crippen molar-refractivity contribution < 1.29 is 8.42 Å². The molecule has 10 heteroatoms. The van der Waals surface area contributed by atoms with Gasteiger partial charge in [0, 0.05) is 23.1 Å². The van der Waals surface area contributed by atoms with E-state index in [9.17, 15) is 8.42 Å². The molecule has 4 aromatic rings. The standard InChI is InChI=1S/C18H13Cl2N5O2S/c1-10-13-9-21-17(22-18(13)24-23-10)11-5-7-12(8-6-11)25-28(26,27)15-4-2-3-14(19)16(15)20/h2-9,25H,1H3,(H,21,22,23,24). The van der Waals surface area contributed by atoms with Crippen molar-refractivity contribution in [2.75, 3.05) is 4.72 Å². The Kier molecular flexibility index (Phi) is 4.70. The van der Waals surface area contributed by atoms with E-state index in [1.165, 1.54) is 18.2 Å². The highest BCUT2D eigenvalue weighted by Gasteiger charge is 2.19. The number of hydrogen-bond acceptors (Lipinski definition) is 5. The summed E-state index contributed by atoms with van der Waals surface area (Å²) < 4.78 is 27.7. The number of aryl methyl sites for hydroxylation is 1. The molecule has 0 spiro atoms. The van der Waals surface area contributed by atoms with Gasteiger partial charge in [-0.25, -0.2) is 18.4 Å². The van der Waals surface area contributed by atoms with Gasteiger partial charge in [-0.2, -0.15) is 5.10 Å². The molecule has 0 radical (unpaired) electrons. The minimum absolute atomic E-state index is 0.0238. The van der Waals surface area contributed by atoms with Crippen LogP contribution >= 0.6 is 23.2 Å². The molecule has 0 bridgehead atoms. The predicted molar refractivity (Wildman–Crippen MR) is 109 cm³/mol. The minimum atomic E-state index is -3.88. The first-order valence-corrected chi connectivity index (χ1v) is 10.3. The molecule has 2 aromatic heterocycles. The lowest BCUT2D eigenvalue weighted by atomic mass is 10.2. The molecule has 0 saturated carbocycles. The molecule has 28 heavy (non-hydrogen) atoms. The number of halogens is 2. The highest BCUT2D eigenvalue weighted by molar-refractivity contribution is 7.92. The number of nitrogens with zero attached hydrogens (tertiary/aromatic N) is 3. The molecule has 2 heterocycles. The Morgan fingerprint density at radius 2 is 1.82 bits per heavy atom. The molecule has 0 amide bonds. The van der Waals surface area contributed by atoms with Crippen LogP contribution in [-0.4, -0.2) is 28.6 Å². The van der Waals surface area contributed by atoms with Crippen molar-refractivity contribution in [1.82, 2.24) is 20.2 Å². The molecule has 2 N–H and O–H groups in total. The molecule has 0 aliphatic carbocycles. The summed E-state index contributed by atoms with van der Waals surface area (Å²) in [6, 6.07) is 11.1. The van der Waals surface area contributed by atoms with Gasteiger partial charge in [-0.05, 0) is 43.3 Å². The van der Waals surface area contributed by atoms with Gasteiger partial charge >= 0.3 is 0 Å². The Morgan fingerprint density at radius 3 is 2.57 bits per heavy atom. The van der Waals surface area contributed by atoms with Crippen LogP contribution in [-0.2, 0) is 10.0 Å². The Morgan fingerprint density at radius 1 is 1.07 bits per heavy atom. The van der Waals surface area contributed by atoms with Gasteiger partial charge in [-0.3, -0.25) is 9.82 Å². The molecule has 2 aromatic carbocycles. The maximum Gasteiger partial charge on any atom is 0.263 e. The fourth-order valence-electron chi connectivity index (χ4n) is 2.65. The highest BCUT2D eigenvalue weighted by atomic mass is 35.5. The predicted octanol–water partition coefficient (Wildman–Crippen LogP) is 4.44. The highest BCUT2D eigenvalue weighted by Crippen LogP contribution is 2.30. The van der Waals surface area contributed by atoms with Gasteiger partial charge in [0.2, 0.25) is 0 Å². The van der Waals surface area contributed by atoms with Crippen LogP contribution in [0.15, 0.2) is 53.6 Å². The van der Waals surface area contributed by atoms with Crippen LogP contribution in [0.4, 0.5) is 5.69 Å². The Hall–Kier alpha value is -2.68. The van der Waals surface area contributed by atoms with E-state index in [0.717, 1.165) is 16.6 Å². The monoisotopic (exact) mass is 433 g/mol. The van der Waals surface area contributed by atoms with Crippen molar-refractivity contribution in [1.29, 1.82) is 0 Å². The van der Waals surface area contributed by atoms with Gasteiger partial charge in [-0.1, -0.05) is 29.3 Å². The molecular formula is C18H13Cl2N5O2S. The van der Waals surface area contributed by atoms with Crippen LogP contribution in [0.25, 0.3) is 22.4 Å². The fraction of sp³-hybridized carbons (Fsp3) is 0.0556. The van der Waals surface area contributed by atoms with Gasteiger partial charge in [0.1, 0.15) is 4.90 Å². The van der Waals surface area contributed by atoms with Crippen LogP contribution in [0, 0.1) is 6.92 Å². The average Bonchev–Trinajstić information content (AvgIpc) is 3.04. The lowest BCUT2D eigenvalue weighted by Crippen LogP contribution is -2.13. The van der Waals surface area contributed by atoms with E-state index in [0.29, 0.717) is 17.2 Å². The summed E-state index contributed by atoms with van der Waals surface area (Å²) >= 11 is 11.9. The first kappa shape index (κ1) is 18.7. The normalized spacial score (nSPS) is 11.7. The van der Waals surface area contributed by atoms with Crippen molar-refractivity contribution in [2.45, 2.75) is 11.8 Å². The van der Waals surface area contributed by atoms with Crippen LogP contribution in [0.3, 0.4) is 0 Å². The van der Waals surface area contributed by atoms with Gasteiger partial charge in [0.25, 0.3) is 10.0 Å². The van der Waals surface area contributed by atoms with Crippen molar-refractivity contribution in [3.63, 3.8) is 0 Å². The quantitative estimate of drug-likeness (QED) is 0.495. The molecule has 4 rings (SSSR count). The number of rotatable bonds is 4. The van der Waals surface area contributed by atoms with Crippen LogP contribution in [0.2, 0.25) is 10.0 Å². The van der Waals surface area contributed by atoms with E-state index >= 15 is 0 Å². The molecule has 0 aliphatic heterocycles. The van der Waals surface area contributed by atoms with Crippen LogP contribution in [0.1, 0.15) is 5.69 Å². The third kappa shape index (κ3) is 3.42. The fourth-order valence-corrected chi connectivity index (χ4v) is 4.47. The number of H-pyrrole nitrogens is 1. The SMILES string of the molecule is Cc1[nH]nc2nc(-c3ccc(NS(=O)(=O)c4cccc(Cl)c4Cl)cc3)ncc12. The van der Waals surface area contributed by atoms with E-state index in [-0.39, 0.29) is 14.9 Å². The molecule has 0 fully saturated rings. The van der Waals surface area contributed by atoms with E-state index in [1.807, 2.05) is 6.92 Å². The number of hydrogen-bond donors (Lipinski definition) is 2. The second-order valence-corrected chi connectivity index (χ2v) is 8.45. The number of sulfonamides is 1. The maximum atomic E-state index is 12.6. The Labute approximate surface area is 170 Å². The van der Waals surface area contributed by atoms with Gasteiger partial charge in [0.05, 0.1) is 15.4 Å². The molecule has 0 atom stereocenters. The third-order valence-electron chi connectivity index (χ3n) is 4.10. The zero-order valence-corrected chi connectivity index (χ0v) is 16.8. The summed E-state index contributed by atoms with van der Waals surface area (Å²) in [5.41, 5.74) is 2.57. The van der Waals surface area contributed by atoms with Gasteiger partial charge in [0.15, 0.2) is 11.5 Å². The smallest absolute Gasteiger partial charge is 0.263 e. The summed E-state index contributed by atoms with van der Waals surface area (Å²) in [5.74, 6) is 0.492. The first-order chi connectivity index (χ1) is 13.3. The van der Waals surface area contributed by atoms with Crippen LogP contribution in [0.5, 0.6) is 0 Å². The Bertz CT molecular complexity index is 1290. The van der Waals surface area contributed by atoms with Gasteiger partial charge < -0.3 is 0 Å². The van der Waals surface area contributed by atoms with E-state index in [4.69, 9.17) is 23.2 Å². The topological polar surface area (TPSA) is 101 Å². The average molecular weight is 434 g/mol. The zero-order chi connectivity index (χ0) is 19.9. The number of nitrogens with one attached hydrogen (secondary N) is 2. The minimum Gasteiger partial charge on any atom is -0.280 e. The second kappa shape index (κ2) is 7.05. The zero-order valence-electron chi connectivity index (χ0n) is 14.4. The van der Waals surface area contributed by atoms with Crippen LogP contribution < -0.4 is 4.72 Å². The second-order valence-electron chi connectivity index (χ2n) is 6.01. The number of fused-ring (bicyclic) bond motifs is 1. The number of aromatic amines is 1. The van der Waals surface area contributed by atoms with Crippen molar-refractivity contribution in [2.24, 2.45) is 0 Å². The Balaban J connectivity index is 1.61. The summed E-state index contributed by atoms with van der Waals surface area (Å²) in [7, 11) is -3.88. The molecule has 7 nitrogen and oxygen atoms in total. The third-order valence-corrected chi connectivity index (χ3v) is 6.46. The first-order valence-electron chi connectivity index (χ1n) is 8.10. The summed E-state index contributed by atoms with van der Waals surface area (Å²) in [6.07, 6.45) is 1.70. The molecular weight excluding hydrogens is 421 g/mol. The van der Waals surface area contributed by atoms with E-state index in [1.54, 1.807) is 30.5 Å². The number of benzene rings is 2. The van der Waals surface area contributed by atoms with Crippen molar-refractivity contribution in [3.05, 3.63) is 64.4 Å². The van der Waals surface area contributed by atoms with E-state index in [2.05, 4.69) is 24.9 Å². The lowest BCUT2D eigenvalue weighted by molar-refractivity contribution is 0.601. The maximum absolute atomic E-state index is 12.6. The molecule has 0 aliphatic rings. The van der Waals surface area contributed by atoms with Crippen molar-refractivity contribution >= 4 is 49.9 Å².